The molecule has 0 bridgehead atoms. The predicted octanol–water partition coefficient (Wildman–Crippen LogP) is 0.611. The van der Waals surface area contributed by atoms with E-state index >= 15 is 0 Å². The summed E-state index contributed by atoms with van der Waals surface area (Å²) in [7, 11) is -1.37. The standard InChI is InChI=1S/C10H22N2O2S2/c1-12(6-7-15-2)16(13,14)9-10-4-3-5-11-8-10/h10-11H,3-9H2,1-2H3. The van der Waals surface area contributed by atoms with E-state index in [2.05, 4.69) is 5.32 Å². The van der Waals surface area contributed by atoms with E-state index in [0.29, 0.717) is 12.3 Å². The summed E-state index contributed by atoms with van der Waals surface area (Å²) >= 11 is 1.67. The summed E-state index contributed by atoms with van der Waals surface area (Å²) in [6.45, 7) is 2.48. The Morgan fingerprint density at radius 1 is 1.50 bits per heavy atom. The summed E-state index contributed by atoms with van der Waals surface area (Å²) in [4.78, 5) is 0. The van der Waals surface area contributed by atoms with Crippen molar-refractivity contribution in [2.45, 2.75) is 12.8 Å². The summed E-state index contributed by atoms with van der Waals surface area (Å²) in [6, 6.07) is 0. The van der Waals surface area contributed by atoms with Crippen LogP contribution < -0.4 is 5.32 Å². The van der Waals surface area contributed by atoms with Crippen molar-refractivity contribution in [3.63, 3.8) is 0 Å². The molecule has 1 saturated heterocycles. The van der Waals surface area contributed by atoms with Crippen molar-refractivity contribution in [2.75, 3.05) is 44.4 Å². The molecule has 16 heavy (non-hydrogen) atoms. The largest absolute Gasteiger partial charge is 0.316 e. The molecule has 1 unspecified atom stereocenters. The second kappa shape index (κ2) is 6.83. The van der Waals surface area contributed by atoms with Crippen LogP contribution in [0.25, 0.3) is 0 Å². The predicted molar refractivity (Wildman–Crippen MR) is 70.4 cm³/mol. The van der Waals surface area contributed by atoms with Gasteiger partial charge in [0.05, 0.1) is 5.75 Å². The van der Waals surface area contributed by atoms with Crippen molar-refractivity contribution in [2.24, 2.45) is 5.92 Å². The Balaban J connectivity index is 2.42. The maximum atomic E-state index is 12.0. The lowest BCUT2D eigenvalue weighted by Gasteiger charge is -2.25. The molecule has 1 aliphatic heterocycles. The maximum Gasteiger partial charge on any atom is 0.214 e. The van der Waals surface area contributed by atoms with Gasteiger partial charge in [0.25, 0.3) is 0 Å². The molecule has 0 aromatic carbocycles. The van der Waals surface area contributed by atoms with Crippen LogP contribution in [0.1, 0.15) is 12.8 Å². The van der Waals surface area contributed by atoms with Crippen molar-refractivity contribution in [1.82, 2.24) is 9.62 Å². The molecular weight excluding hydrogens is 244 g/mol. The van der Waals surface area contributed by atoms with Crippen LogP contribution in [0.5, 0.6) is 0 Å². The van der Waals surface area contributed by atoms with E-state index in [0.717, 1.165) is 31.7 Å². The van der Waals surface area contributed by atoms with Crippen LogP contribution in [0.4, 0.5) is 0 Å². The van der Waals surface area contributed by atoms with Gasteiger partial charge >= 0.3 is 0 Å². The lowest BCUT2D eigenvalue weighted by Crippen LogP contribution is -2.39. The molecule has 1 fully saturated rings. The molecule has 0 saturated carbocycles. The van der Waals surface area contributed by atoms with Crippen molar-refractivity contribution < 1.29 is 8.42 Å². The van der Waals surface area contributed by atoms with Crippen molar-refractivity contribution >= 4 is 21.8 Å². The highest BCUT2D eigenvalue weighted by molar-refractivity contribution is 7.98. The highest BCUT2D eigenvalue weighted by Crippen LogP contribution is 2.14. The Morgan fingerprint density at radius 2 is 2.25 bits per heavy atom. The Kier molecular flexibility index (Phi) is 6.10. The molecule has 0 aromatic rings. The third-order valence-corrected chi connectivity index (χ3v) is 5.55. The number of hydrogen-bond acceptors (Lipinski definition) is 4. The summed E-state index contributed by atoms with van der Waals surface area (Å²) in [6.07, 6.45) is 4.11. The number of hydrogen-bond donors (Lipinski definition) is 1. The van der Waals surface area contributed by atoms with E-state index in [1.54, 1.807) is 18.8 Å². The molecular formula is C10H22N2O2S2. The van der Waals surface area contributed by atoms with Gasteiger partial charge in [-0.1, -0.05) is 0 Å². The first-order valence-corrected chi connectivity index (χ1v) is 8.70. The lowest BCUT2D eigenvalue weighted by atomic mass is 10.0. The van der Waals surface area contributed by atoms with Crippen molar-refractivity contribution in [3.8, 4) is 0 Å². The molecule has 0 aliphatic carbocycles. The van der Waals surface area contributed by atoms with Gasteiger partial charge in [0, 0.05) is 19.3 Å². The zero-order chi connectivity index (χ0) is 12.0. The lowest BCUT2D eigenvalue weighted by molar-refractivity contribution is 0.394. The van der Waals surface area contributed by atoms with Crippen LogP contribution in [0.15, 0.2) is 0 Å². The Hall–Kier alpha value is 0.220. The fourth-order valence-corrected chi connectivity index (χ4v) is 3.93. The minimum atomic E-state index is -3.05. The number of rotatable bonds is 6. The maximum absolute atomic E-state index is 12.0. The van der Waals surface area contributed by atoms with Gasteiger partial charge in [-0.05, 0) is 38.1 Å². The highest BCUT2D eigenvalue weighted by Gasteiger charge is 2.24. The smallest absolute Gasteiger partial charge is 0.214 e. The summed E-state index contributed by atoms with van der Waals surface area (Å²) in [5.41, 5.74) is 0. The summed E-state index contributed by atoms with van der Waals surface area (Å²) in [5.74, 6) is 1.44. The first kappa shape index (κ1) is 14.3. The van der Waals surface area contributed by atoms with Gasteiger partial charge in [-0.3, -0.25) is 0 Å². The van der Waals surface area contributed by atoms with Gasteiger partial charge in [-0.2, -0.15) is 11.8 Å². The second-order valence-corrected chi connectivity index (χ2v) is 7.41. The summed E-state index contributed by atoms with van der Waals surface area (Å²) < 4.78 is 25.5. The molecule has 1 rings (SSSR count). The van der Waals surface area contributed by atoms with Gasteiger partial charge in [-0.15, -0.1) is 0 Å². The van der Waals surface area contributed by atoms with Crippen LogP contribution in [0.3, 0.4) is 0 Å². The SMILES string of the molecule is CSCCN(C)S(=O)(=O)CC1CCCNC1. The van der Waals surface area contributed by atoms with Gasteiger partial charge in [0.2, 0.25) is 10.0 Å². The molecule has 0 amide bonds. The molecule has 1 aliphatic rings. The van der Waals surface area contributed by atoms with Gasteiger partial charge < -0.3 is 5.32 Å². The Labute approximate surface area is 103 Å². The van der Waals surface area contributed by atoms with Crippen LogP contribution in [-0.4, -0.2) is 57.2 Å². The Bertz CT molecular complexity index is 287. The first-order valence-electron chi connectivity index (χ1n) is 5.70. The second-order valence-electron chi connectivity index (χ2n) is 4.31. The average molecular weight is 266 g/mol. The Morgan fingerprint density at radius 3 is 2.81 bits per heavy atom. The third kappa shape index (κ3) is 4.61. The molecule has 4 nitrogen and oxygen atoms in total. The molecule has 0 aromatic heterocycles. The molecule has 6 heteroatoms. The monoisotopic (exact) mass is 266 g/mol. The first-order chi connectivity index (χ1) is 7.56. The van der Waals surface area contributed by atoms with E-state index in [9.17, 15) is 8.42 Å². The fraction of sp³-hybridized carbons (Fsp3) is 1.00. The minimum absolute atomic E-state index is 0.287. The quantitative estimate of drug-likeness (QED) is 0.765. The molecule has 0 radical (unpaired) electrons. The van der Waals surface area contributed by atoms with Crippen molar-refractivity contribution in [1.29, 1.82) is 0 Å². The minimum Gasteiger partial charge on any atom is -0.316 e. The van der Waals surface area contributed by atoms with Gasteiger partial charge in [-0.25, -0.2) is 12.7 Å². The van der Waals surface area contributed by atoms with Gasteiger partial charge in [0.15, 0.2) is 0 Å². The molecule has 1 heterocycles. The zero-order valence-corrected chi connectivity index (χ0v) is 11.7. The molecule has 1 atom stereocenters. The van der Waals surface area contributed by atoms with Crippen molar-refractivity contribution in [3.05, 3.63) is 0 Å². The van der Waals surface area contributed by atoms with Crippen LogP contribution in [0, 0.1) is 5.92 Å². The topological polar surface area (TPSA) is 49.4 Å². The number of nitrogens with one attached hydrogen (secondary N) is 1. The molecule has 1 N–H and O–H groups in total. The van der Waals surface area contributed by atoms with E-state index < -0.39 is 10.0 Å². The normalized spacial score (nSPS) is 22.6. The van der Waals surface area contributed by atoms with E-state index in [-0.39, 0.29) is 5.92 Å². The van der Waals surface area contributed by atoms with Crippen LogP contribution in [0.2, 0.25) is 0 Å². The highest BCUT2D eigenvalue weighted by atomic mass is 32.2. The van der Waals surface area contributed by atoms with Crippen LogP contribution in [-0.2, 0) is 10.0 Å². The third-order valence-electron chi connectivity index (χ3n) is 2.93. The fourth-order valence-electron chi connectivity index (χ4n) is 1.85. The van der Waals surface area contributed by atoms with Gasteiger partial charge in [0.1, 0.15) is 0 Å². The van der Waals surface area contributed by atoms with E-state index in [4.69, 9.17) is 0 Å². The molecule has 0 spiro atoms. The number of thioether (sulfide) groups is 1. The number of piperidine rings is 1. The zero-order valence-electron chi connectivity index (χ0n) is 10.1. The average Bonchev–Trinajstić information content (AvgIpc) is 2.26. The van der Waals surface area contributed by atoms with E-state index in [1.165, 1.54) is 4.31 Å². The summed E-state index contributed by atoms with van der Waals surface area (Å²) in [5, 5.41) is 3.25. The van der Waals surface area contributed by atoms with Crippen LogP contribution >= 0.6 is 11.8 Å². The van der Waals surface area contributed by atoms with E-state index in [1.807, 2.05) is 6.26 Å². The number of nitrogens with zero attached hydrogens (tertiary/aromatic N) is 1. The molecule has 96 valence electrons. The number of sulfonamides is 1.